The Morgan fingerprint density at radius 3 is 2.13 bits per heavy atom. The molecule has 5 rings (SSSR count). The van der Waals surface area contributed by atoms with Crippen LogP contribution < -0.4 is 15.4 Å². The van der Waals surface area contributed by atoms with Crippen molar-refractivity contribution in [2.45, 2.75) is 37.5 Å². The van der Waals surface area contributed by atoms with Gasteiger partial charge >= 0.3 is 0 Å². The van der Waals surface area contributed by atoms with Crippen molar-refractivity contribution in [2.75, 3.05) is 13.7 Å². The molecule has 0 aliphatic heterocycles. The highest BCUT2D eigenvalue weighted by Crippen LogP contribution is 2.46. The van der Waals surface area contributed by atoms with E-state index < -0.39 is 12.1 Å². The summed E-state index contributed by atoms with van der Waals surface area (Å²) in [4.78, 5) is 13.4. The van der Waals surface area contributed by atoms with Crippen molar-refractivity contribution >= 4 is 5.91 Å². The van der Waals surface area contributed by atoms with Gasteiger partial charge in [-0.1, -0.05) is 97.1 Å². The quantitative estimate of drug-likeness (QED) is 0.266. The number of carbonyl (C=O) groups excluding carboxylic acids is 1. The van der Waals surface area contributed by atoms with E-state index >= 15 is 0 Å². The number of nitrogens with one attached hydrogen (secondary N) is 2. The van der Waals surface area contributed by atoms with Gasteiger partial charge in [-0.15, -0.1) is 0 Å². The molecule has 0 radical (unpaired) electrons. The normalized spacial score (nSPS) is 13.8. The van der Waals surface area contributed by atoms with Crippen LogP contribution in [0, 0.1) is 0 Å². The number of methoxy groups -OCH3 is 1. The van der Waals surface area contributed by atoms with Crippen LogP contribution in [0.2, 0.25) is 0 Å². The van der Waals surface area contributed by atoms with E-state index in [0.717, 1.165) is 16.9 Å². The van der Waals surface area contributed by atoms with Gasteiger partial charge in [0.1, 0.15) is 5.75 Å². The Morgan fingerprint density at radius 2 is 1.45 bits per heavy atom. The molecule has 4 aromatic rings. The Labute approximate surface area is 224 Å². The SMILES string of the molecule is COc1ccccc1CNC[C@H](O)[C@H](Cc1ccccc1)NC(=O)CC1c2ccccc2-c2ccccc21. The highest BCUT2D eigenvalue weighted by Gasteiger charge is 2.31. The zero-order valence-electron chi connectivity index (χ0n) is 21.6. The minimum Gasteiger partial charge on any atom is -0.496 e. The fraction of sp³-hybridized carbons (Fsp3) is 0.242. The number of para-hydroxylation sites is 1. The molecule has 0 fully saturated rings. The summed E-state index contributed by atoms with van der Waals surface area (Å²) in [6.07, 6.45) is 0.111. The number of amides is 1. The molecule has 0 saturated heterocycles. The molecule has 38 heavy (non-hydrogen) atoms. The summed E-state index contributed by atoms with van der Waals surface area (Å²) in [5.74, 6) is 0.743. The minimum atomic E-state index is -0.767. The van der Waals surface area contributed by atoms with Gasteiger partial charge in [0.05, 0.1) is 19.3 Å². The molecule has 4 aromatic carbocycles. The topological polar surface area (TPSA) is 70.6 Å². The van der Waals surface area contributed by atoms with E-state index in [2.05, 4.69) is 34.9 Å². The number of carbonyl (C=O) groups is 1. The summed E-state index contributed by atoms with van der Waals surface area (Å²) in [7, 11) is 1.65. The number of aliphatic hydroxyl groups excluding tert-OH is 1. The Bertz CT molecular complexity index is 1330. The molecular weight excluding hydrogens is 472 g/mol. The predicted molar refractivity (Wildman–Crippen MR) is 151 cm³/mol. The third-order valence-corrected chi connectivity index (χ3v) is 7.32. The van der Waals surface area contributed by atoms with Crippen LogP contribution in [0.5, 0.6) is 5.75 Å². The zero-order chi connectivity index (χ0) is 26.3. The summed E-state index contributed by atoms with van der Waals surface area (Å²) in [6, 6.07) is 34.0. The van der Waals surface area contributed by atoms with Crippen LogP contribution in [-0.4, -0.2) is 36.8 Å². The van der Waals surface area contributed by atoms with Crippen LogP contribution in [0.1, 0.15) is 34.6 Å². The number of benzene rings is 4. The molecule has 3 N–H and O–H groups in total. The van der Waals surface area contributed by atoms with Crippen molar-refractivity contribution in [3.05, 3.63) is 125 Å². The highest BCUT2D eigenvalue weighted by atomic mass is 16.5. The van der Waals surface area contributed by atoms with Gasteiger partial charge in [0.2, 0.25) is 5.91 Å². The number of aliphatic hydroxyl groups is 1. The van der Waals surface area contributed by atoms with E-state index in [9.17, 15) is 9.90 Å². The van der Waals surface area contributed by atoms with Gasteiger partial charge < -0.3 is 20.5 Å². The summed E-state index contributed by atoms with van der Waals surface area (Å²) in [6.45, 7) is 0.896. The van der Waals surface area contributed by atoms with E-state index in [1.165, 1.54) is 22.3 Å². The van der Waals surface area contributed by atoms with Gasteiger partial charge in [-0.05, 0) is 40.3 Å². The Kier molecular flexibility index (Phi) is 8.17. The largest absolute Gasteiger partial charge is 0.496 e. The standard InChI is InChI=1S/C33H34N2O3/c1-38-32-18-10-5-13-24(32)21-34-22-31(36)30(19-23-11-3-2-4-12-23)35-33(37)20-29-27-16-8-6-14-25(27)26-15-7-9-17-28(26)29/h2-18,29-31,34,36H,19-22H2,1H3,(H,35,37)/t30-,31-/m0/s1. The van der Waals surface area contributed by atoms with Crippen LogP contribution in [0.3, 0.4) is 0 Å². The van der Waals surface area contributed by atoms with Crippen molar-refractivity contribution < 1.29 is 14.6 Å². The number of fused-ring (bicyclic) bond motifs is 3. The summed E-state index contributed by atoms with van der Waals surface area (Å²) in [5.41, 5.74) is 6.84. The second-order valence-electron chi connectivity index (χ2n) is 9.81. The van der Waals surface area contributed by atoms with Crippen molar-refractivity contribution in [3.8, 4) is 16.9 Å². The Hall–Kier alpha value is -3.93. The van der Waals surface area contributed by atoms with Gasteiger partial charge in [0.15, 0.2) is 0 Å². The van der Waals surface area contributed by atoms with Crippen LogP contribution in [0.4, 0.5) is 0 Å². The first kappa shape index (κ1) is 25.7. The second kappa shape index (κ2) is 12.1. The number of hydrogen-bond donors (Lipinski definition) is 3. The molecule has 194 valence electrons. The minimum absolute atomic E-state index is 0.000545. The maximum absolute atomic E-state index is 13.4. The van der Waals surface area contributed by atoms with Crippen molar-refractivity contribution in [3.63, 3.8) is 0 Å². The van der Waals surface area contributed by atoms with E-state index in [1.54, 1.807) is 7.11 Å². The molecule has 0 heterocycles. The van der Waals surface area contributed by atoms with E-state index in [4.69, 9.17) is 4.74 Å². The summed E-state index contributed by atoms with van der Waals surface area (Å²) < 4.78 is 5.44. The van der Waals surface area contributed by atoms with Crippen molar-refractivity contribution in [1.82, 2.24) is 10.6 Å². The fourth-order valence-electron chi connectivity index (χ4n) is 5.43. The van der Waals surface area contributed by atoms with E-state index in [0.29, 0.717) is 25.9 Å². The molecule has 0 aromatic heterocycles. The fourth-order valence-corrected chi connectivity index (χ4v) is 5.43. The average molecular weight is 507 g/mol. The van der Waals surface area contributed by atoms with Crippen LogP contribution in [0.15, 0.2) is 103 Å². The molecule has 0 spiro atoms. The van der Waals surface area contributed by atoms with Gasteiger partial charge in [-0.2, -0.15) is 0 Å². The number of hydrogen-bond acceptors (Lipinski definition) is 4. The van der Waals surface area contributed by atoms with Gasteiger partial charge in [-0.3, -0.25) is 4.79 Å². The average Bonchev–Trinajstić information content (AvgIpc) is 3.27. The van der Waals surface area contributed by atoms with Gasteiger partial charge in [0.25, 0.3) is 0 Å². The predicted octanol–water partition coefficient (Wildman–Crippen LogP) is 5.08. The lowest BCUT2D eigenvalue weighted by atomic mass is 9.92. The Morgan fingerprint density at radius 1 is 0.842 bits per heavy atom. The Balaban J connectivity index is 1.28. The monoisotopic (exact) mass is 506 g/mol. The third-order valence-electron chi connectivity index (χ3n) is 7.32. The zero-order valence-corrected chi connectivity index (χ0v) is 21.6. The second-order valence-corrected chi connectivity index (χ2v) is 9.81. The maximum atomic E-state index is 13.4. The van der Waals surface area contributed by atoms with E-state index in [1.807, 2.05) is 78.9 Å². The maximum Gasteiger partial charge on any atom is 0.221 e. The molecule has 1 aliphatic rings. The first-order valence-electron chi connectivity index (χ1n) is 13.2. The molecule has 5 nitrogen and oxygen atoms in total. The van der Waals surface area contributed by atoms with Crippen molar-refractivity contribution in [2.24, 2.45) is 0 Å². The molecular formula is C33H34N2O3. The summed E-state index contributed by atoms with van der Waals surface area (Å²) >= 11 is 0. The molecule has 1 amide bonds. The van der Waals surface area contributed by atoms with Crippen LogP contribution >= 0.6 is 0 Å². The smallest absolute Gasteiger partial charge is 0.221 e. The molecule has 0 bridgehead atoms. The first-order valence-corrected chi connectivity index (χ1v) is 13.2. The number of rotatable bonds is 11. The van der Waals surface area contributed by atoms with Crippen LogP contribution in [0.25, 0.3) is 11.1 Å². The van der Waals surface area contributed by atoms with Gasteiger partial charge in [0, 0.05) is 31.0 Å². The van der Waals surface area contributed by atoms with Gasteiger partial charge in [-0.25, -0.2) is 0 Å². The van der Waals surface area contributed by atoms with Crippen LogP contribution in [-0.2, 0) is 17.8 Å². The molecule has 0 saturated carbocycles. The lowest BCUT2D eigenvalue weighted by Gasteiger charge is -2.26. The third kappa shape index (κ3) is 5.80. The summed E-state index contributed by atoms with van der Waals surface area (Å²) in [5, 5.41) is 17.7. The number of ether oxygens (including phenoxy) is 1. The molecule has 2 atom stereocenters. The first-order chi connectivity index (χ1) is 18.6. The van der Waals surface area contributed by atoms with Crippen molar-refractivity contribution in [1.29, 1.82) is 0 Å². The molecule has 0 unspecified atom stereocenters. The molecule has 5 heteroatoms. The molecule has 1 aliphatic carbocycles. The lowest BCUT2D eigenvalue weighted by molar-refractivity contribution is -0.122. The highest BCUT2D eigenvalue weighted by molar-refractivity contribution is 5.84. The lowest BCUT2D eigenvalue weighted by Crippen LogP contribution is -2.48. The van der Waals surface area contributed by atoms with E-state index in [-0.39, 0.29) is 11.8 Å².